The van der Waals surface area contributed by atoms with Crippen LogP contribution < -0.4 is 10.6 Å². The Balaban J connectivity index is 1.26. The Bertz CT molecular complexity index is 1420. The van der Waals surface area contributed by atoms with E-state index >= 15 is 0 Å². The second-order valence-electron chi connectivity index (χ2n) is 10.3. The molecule has 186 valence electrons. The molecule has 3 aliphatic rings. The highest BCUT2D eigenvalue weighted by Crippen LogP contribution is 2.65. The number of benzene rings is 1. The molecule has 1 spiro atoms. The van der Waals surface area contributed by atoms with Gasteiger partial charge in [-0.15, -0.1) is 11.3 Å². The van der Waals surface area contributed by atoms with Crippen LogP contribution in [0.3, 0.4) is 0 Å². The van der Waals surface area contributed by atoms with Gasteiger partial charge in [-0.05, 0) is 61.7 Å². The van der Waals surface area contributed by atoms with Gasteiger partial charge >= 0.3 is 0 Å². The number of aliphatic hydroxyl groups excluding tert-OH is 1. The third kappa shape index (κ3) is 3.47. The zero-order valence-corrected chi connectivity index (χ0v) is 21.8. The minimum atomic E-state index is -0.731. The van der Waals surface area contributed by atoms with Crippen molar-refractivity contribution in [2.45, 2.75) is 63.4 Å². The van der Waals surface area contributed by atoms with Gasteiger partial charge in [0.15, 0.2) is 5.79 Å². The maximum atomic E-state index is 10.6. The monoisotopic (exact) mass is 521 g/mol. The number of hydrogen-bond acceptors (Lipinski definition) is 10. The van der Waals surface area contributed by atoms with E-state index in [1.807, 2.05) is 39.0 Å². The molecular weight excluding hydrogens is 494 g/mol. The van der Waals surface area contributed by atoms with Crippen LogP contribution in [0, 0.1) is 12.8 Å². The van der Waals surface area contributed by atoms with E-state index in [-0.39, 0.29) is 18.1 Å². The fourth-order valence-corrected chi connectivity index (χ4v) is 7.57. The molecule has 5 atom stereocenters. The van der Waals surface area contributed by atoms with Crippen molar-refractivity contribution in [2.75, 3.05) is 10.6 Å². The first-order valence-electron chi connectivity index (χ1n) is 12.2. The number of thiazole rings is 1. The molecule has 3 aromatic heterocycles. The highest BCUT2D eigenvalue weighted by molar-refractivity contribution is 7.21. The lowest BCUT2D eigenvalue weighted by molar-refractivity contribution is -0.157. The van der Waals surface area contributed by atoms with Crippen LogP contribution in [0.1, 0.15) is 31.5 Å². The number of aliphatic hydroxyl groups is 1. The van der Waals surface area contributed by atoms with Crippen LogP contribution in [-0.4, -0.2) is 49.7 Å². The predicted molar refractivity (Wildman–Crippen MR) is 141 cm³/mol. The average Bonchev–Trinajstić information content (AvgIpc) is 3.42. The minimum Gasteiger partial charge on any atom is -0.390 e. The van der Waals surface area contributed by atoms with E-state index in [1.165, 1.54) is 5.56 Å². The predicted octanol–water partition coefficient (Wildman–Crippen LogP) is 4.80. The summed E-state index contributed by atoms with van der Waals surface area (Å²) in [5.41, 5.74) is 3.27. The van der Waals surface area contributed by atoms with Gasteiger partial charge in [-0.25, -0.2) is 9.97 Å². The second-order valence-corrected chi connectivity index (χ2v) is 12.1. The summed E-state index contributed by atoms with van der Waals surface area (Å²) in [7, 11) is 0. The Labute approximate surface area is 216 Å². The highest BCUT2D eigenvalue weighted by atomic mass is 32.1. The number of hydrogen-bond donors (Lipinski definition) is 3. The van der Waals surface area contributed by atoms with E-state index in [0.29, 0.717) is 12.5 Å². The number of rotatable bonds is 6. The Hall–Kier alpha value is -2.63. The van der Waals surface area contributed by atoms with Crippen LogP contribution >= 0.6 is 22.7 Å². The van der Waals surface area contributed by atoms with Gasteiger partial charge < -0.3 is 25.2 Å². The summed E-state index contributed by atoms with van der Waals surface area (Å²) in [6, 6.07) is 10.2. The highest BCUT2D eigenvalue weighted by Gasteiger charge is 2.81. The summed E-state index contributed by atoms with van der Waals surface area (Å²) in [5, 5.41) is 22.7. The summed E-state index contributed by atoms with van der Waals surface area (Å²) in [6.45, 7) is 6.47. The van der Waals surface area contributed by atoms with Crippen molar-refractivity contribution in [2.24, 2.45) is 5.92 Å². The topological polar surface area (TPSA) is 101 Å². The molecule has 36 heavy (non-hydrogen) atoms. The summed E-state index contributed by atoms with van der Waals surface area (Å²) in [6.07, 6.45) is 0.0105. The molecule has 5 unspecified atom stereocenters. The van der Waals surface area contributed by atoms with Crippen LogP contribution in [0.5, 0.6) is 0 Å². The Kier molecular flexibility index (Phi) is 4.97. The SMILES string of the molecule is Cc1nc(NCc2ccsc2)nc(NC2CC3C(O)C34OC(C)(C)OC24)c1-c1nc2ccccc2s1. The lowest BCUT2D eigenvalue weighted by atomic mass is 10.1. The molecule has 1 saturated heterocycles. The first kappa shape index (κ1) is 22.6. The lowest BCUT2D eigenvalue weighted by Gasteiger charge is -2.26. The van der Waals surface area contributed by atoms with Gasteiger partial charge in [0, 0.05) is 12.5 Å². The summed E-state index contributed by atoms with van der Waals surface area (Å²) in [5.74, 6) is 0.615. The van der Waals surface area contributed by atoms with Crippen molar-refractivity contribution in [1.29, 1.82) is 0 Å². The number of nitrogens with one attached hydrogen (secondary N) is 2. The molecule has 3 fully saturated rings. The smallest absolute Gasteiger partial charge is 0.225 e. The van der Waals surface area contributed by atoms with Gasteiger partial charge in [-0.1, -0.05) is 12.1 Å². The molecule has 1 aromatic carbocycles. The van der Waals surface area contributed by atoms with Gasteiger partial charge in [-0.2, -0.15) is 16.3 Å². The van der Waals surface area contributed by atoms with E-state index in [4.69, 9.17) is 24.4 Å². The van der Waals surface area contributed by atoms with Gasteiger partial charge in [0.1, 0.15) is 22.5 Å². The van der Waals surface area contributed by atoms with Crippen molar-refractivity contribution in [3.8, 4) is 10.6 Å². The summed E-state index contributed by atoms with van der Waals surface area (Å²) < 4.78 is 13.7. The third-order valence-electron chi connectivity index (χ3n) is 7.42. The molecule has 2 aliphatic carbocycles. The van der Waals surface area contributed by atoms with Crippen molar-refractivity contribution in [1.82, 2.24) is 15.0 Å². The minimum absolute atomic E-state index is 0.0488. The molecule has 0 radical (unpaired) electrons. The van der Waals surface area contributed by atoms with Crippen LogP contribution in [0.2, 0.25) is 0 Å². The average molecular weight is 522 g/mol. The van der Waals surface area contributed by atoms with E-state index in [1.54, 1.807) is 22.7 Å². The fourth-order valence-electron chi connectivity index (χ4n) is 5.84. The standard InChI is InChI=1S/C26H27N5O3S2/c1-13-19(23-30-16-6-4-5-7-18(16)36-23)22(31-24(28-13)27-11-14-8-9-35-12-14)29-17-10-15-20(32)26(15)21(17)33-25(2,3)34-26/h4-9,12,15,17,20-21,32H,10-11H2,1-3H3,(H2,27,28,29,31). The van der Waals surface area contributed by atoms with Crippen LogP contribution in [0.4, 0.5) is 11.8 Å². The summed E-state index contributed by atoms with van der Waals surface area (Å²) >= 11 is 3.31. The number of para-hydroxylation sites is 1. The number of fused-ring (bicyclic) bond motifs is 1. The van der Waals surface area contributed by atoms with E-state index in [9.17, 15) is 5.11 Å². The lowest BCUT2D eigenvalue weighted by Crippen LogP contribution is -2.40. The molecule has 3 N–H and O–H groups in total. The van der Waals surface area contributed by atoms with E-state index < -0.39 is 17.5 Å². The maximum absolute atomic E-state index is 10.6. The third-order valence-corrected chi connectivity index (χ3v) is 9.20. The molecule has 7 rings (SSSR count). The van der Waals surface area contributed by atoms with Crippen molar-refractivity contribution in [3.63, 3.8) is 0 Å². The molecule has 1 aliphatic heterocycles. The Morgan fingerprint density at radius 3 is 2.83 bits per heavy atom. The number of aryl methyl sites for hydroxylation is 1. The molecule has 10 heteroatoms. The van der Waals surface area contributed by atoms with Crippen molar-refractivity contribution < 1.29 is 14.6 Å². The van der Waals surface area contributed by atoms with Crippen molar-refractivity contribution in [3.05, 3.63) is 52.3 Å². The first-order valence-corrected chi connectivity index (χ1v) is 13.9. The number of ether oxygens (including phenoxy) is 2. The molecule has 8 nitrogen and oxygen atoms in total. The fraction of sp³-hybridized carbons (Fsp3) is 0.423. The van der Waals surface area contributed by atoms with E-state index in [0.717, 1.165) is 38.7 Å². The van der Waals surface area contributed by atoms with Gasteiger partial charge in [0.05, 0.1) is 33.6 Å². The van der Waals surface area contributed by atoms with E-state index in [2.05, 4.69) is 33.5 Å². The quantitative estimate of drug-likeness (QED) is 0.333. The normalized spacial score (nSPS) is 29.8. The van der Waals surface area contributed by atoms with Crippen LogP contribution in [0.25, 0.3) is 20.8 Å². The molecule has 2 saturated carbocycles. The molecule has 4 heterocycles. The number of aromatic nitrogens is 3. The summed E-state index contributed by atoms with van der Waals surface area (Å²) in [4.78, 5) is 14.6. The zero-order chi connectivity index (χ0) is 24.7. The largest absolute Gasteiger partial charge is 0.390 e. The Morgan fingerprint density at radius 2 is 2.03 bits per heavy atom. The van der Waals surface area contributed by atoms with Gasteiger partial charge in [-0.3, -0.25) is 0 Å². The van der Waals surface area contributed by atoms with Gasteiger partial charge in [0.2, 0.25) is 5.95 Å². The molecule has 0 bridgehead atoms. The second kappa shape index (κ2) is 7.93. The maximum Gasteiger partial charge on any atom is 0.225 e. The van der Waals surface area contributed by atoms with Crippen molar-refractivity contribution >= 4 is 44.7 Å². The molecule has 4 aromatic rings. The Morgan fingerprint density at radius 1 is 1.17 bits per heavy atom. The number of thiophene rings is 1. The van der Waals surface area contributed by atoms with Crippen LogP contribution in [0.15, 0.2) is 41.1 Å². The molecular formula is C26H27N5O3S2. The van der Waals surface area contributed by atoms with Crippen LogP contribution in [-0.2, 0) is 16.0 Å². The van der Waals surface area contributed by atoms with Gasteiger partial charge in [0.25, 0.3) is 0 Å². The number of anilines is 2. The zero-order valence-electron chi connectivity index (χ0n) is 20.2. The first-order chi connectivity index (χ1) is 17.3. The molecule has 0 amide bonds. The number of nitrogens with zero attached hydrogens (tertiary/aromatic N) is 3.